The normalized spacial score (nSPS) is 11.3. The number of thiazole rings is 1. The summed E-state index contributed by atoms with van der Waals surface area (Å²) in [4.78, 5) is 16.9. The molecule has 0 aliphatic heterocycles. The highest BCUT2D eigenvalue weighted by Gasteiger charge is 2.17. The number of hydrogen-bond acceptors (Lipinski definition) is 5. The van der Waals surface area contributed by atoms with Crippen molar-refractivity contribution in [3.8, 4) is 0 Å². The maximum absolute atomic E-state index is 12.6. The van der Waals surface area contributed by atoms with Gasteiger partial charge in [0.05, 0.1) is 15.1 Å². The number of carbonyl (C=O) groups is 1. The summed E-state index contributed by atoms with van der Waals surface area (Å²) in [6.45, 7) is 3.71. The number of urea groups is 1. The average Bonchev–Trinajstić information content (AvgIpc) is 3.12. The van der Waals surface area contributed by atoms with Crippen LogP contribution in [0.4, 0.5) is 21.3 Å². The number of nitrogens with one attached hydrogen (secondary N) is 3. The van der Waals surface area contributed by atoms with Gasteiger partial charge in [0.15, 0.2) is 5.13 Å². The van der Waals surface area contributed by atoms with Crippen molar-refractivity contribution in [2.24, 2.45) is 0 Å². The van der Waals surface area contributed by atoms with Gasteiger partial charge in [0, 0.05) is 16.4 Å². The van der Waals surface area contributed by atoms with Crippen LogP contribution in [0.5, 0.6) is 0 Å². The fourth-order valence-electron chi connectivity index (χ4n) is 2.97. The van der Waals surface area contributed by atoms with E-state index in [-0.39, 0.29) is 10.0 Å². The predicted octanol–water partition coefficient (Wildman–Crippen LogP) is 6.01. The summed E-state index contributed by atoms with van der Waals surface area (Å²) >= 11 is 7.30. The summed E-state index contributed by atoms with van der Waals surface area (Å²) in [5, 5.41) is 6.32. The molecule has 0 fully saturated rings. The van der Waals surface area contributed by atoms with Gasteiger partial charge < -0.3 is 10.6 Å². The van der Waals surface area contributed by atoms with E-state index in [0.29, 0.717) is 21.9 Å². The Balaban J connectivity index is 1.49. The van der Waals surface area contributed by atoms with Crippen molar-refractivity contribution >= 4 is 65.7 Å². The standard InChI is InChI=1S/C22H19ClN4O3S2/c1-13-6-9-16(10-7-13)32(29,30)27-22-26-19-12-15(8-11-20(19)31-22)24-21(28)25-18-5-3-4-17(23)14(18)2/h3-12H,1-2H3,(H,26,27)(H2,24,25,28). The summed E-state index contributed by atoms with van der Waals surface area (Å²) in [5.74, 6) is 0. The van der Waals surface area contributed by atoms with E-state index in [2.05, 4.69) is 20.3 Å². The first-order valence-electron chi connectivity index (χ1n) is 9.54. The Morgan fingerprint density at radius 3 is 2.50 bits per heavy atom. The van der Waals surface area contributed by atoms with E-state index in [1.807, 2.05) is 13.8 Å². The number of aromatic nitrogens is 1. The molecule has 1 aromatic heterocycles. The SMILES string of the molecule is Cc1ccc(S(=O)(=O)Nc2nc3cc(NC(=O)Nc4cccc(Cl)c4C)ccc3s2)cc1. The summed E-state index contributed by atoms with van der Waals surface area (Å²) < 4.78 is 28.5. The molecule has 0 unspecified atom stereocenters. The Hall–Kier alpha value is -3.14. The van der Waals surface area contributed by atoms with E-state index in [1.54, 1.807) is 60.7 Å². The molecule has 0 bridgehead atoms. The molecule has 0 aliphatic rings. The number of benzene rings is 3. The molecule has 0 saturated carbocycles. The van der Waals surface area contributed by atoms with Crippen molar-refractivity contribution in [3.05, 3.63) is 76.8 Å². The first-order chi connectivity index (χ1) is 15.2. The summed E-state index contributed by atoms with van der Waals surface area (Å²) in [6.07, 6.45) is 0. The molecule has 4 aromatic rings. The van der Waals surface area contributed by atoms with E-state index >= 15 is 0 Å². The molecule has 0 radical (unpaired) electrons. The number of aryl methyl sites for hydroxylation is 1. The number of amides is 2. The number of fused-ring (bicyclic) bond motifs is 1. The maximum Gasteiger partial charge on any atom is 0.323 e. The Labute approximate surface area is 194 Å². The molecule has 7 nitrogen and oxygen atoms in total. The molecule has 0 atom stereocenters. The zero-order valence-corrected chi connectivity index (χ0v) is 19.5. The van der Waals surface area contributed by atoms with Crippen LogP contribution in [0.25, 0.3) is 10.2 Å². The minimum Gasteiger partial charge on any atom is -0.308 e. The number of halogens is 1. The zero-order chi connectivity index (χ0) is 22.9. The van der Waals surface area contributed by atoms with E-state index in [9.17, 15) is 13.2 Å². The molecule has 0 aliphatic carbocycles. The lowest BCUT2D eigenvalue weighted by Gasteiger charge is -2.10. The van der Waals surface area contributed by atoms with Gasteiger partial charge in [-0.2, -0.15) is 0 Å². The number of carbonyl (C=O) groups excluding carboxylic acids is 1. The largest absolute Gasteiger partial charge is 0.323 e. The summed E-state index contributed by atoms with van der Waals surface area (Å²) in [6, 6.07) is 16.6. The molecular formula is C22H19ClN4O3S2. The van der Waals surface area contributed by atoms with Crippen molar-refractivity contribution in [1.82, 2.24) is 4.98 Å². The van der Waals surface area contributed by atoms with Gasteiger partial charge in [-0.3, -0.25) is 4.72 Å². The predicted molar refractivity (Wildman–Crippen MR) is 130 cm³/mol. The highest BCUT2D eigenvalue weighted by molar-refractivity contribution is 7.93. The van der Waals surface area contributed by atoms with Crippen molar-refractivity contribution < 1.29 is 13.2 Å². The fourth-order valence-corrected chi connectivity index (χ4v) is 5.22. The number of rotatable bonds is 5. The van der Waals surface area contributed by atoms with Crippen molar-refractivity contribution in [2.45, 2.75) is 18.7 Å². The minimum atomic E-state index is -3.74. The average molecular weight is 487 g/mol. The third-order valence-corrected chi connectivity index (χ3v) is 7.56. The molecule has 3 aromatic carbocycles. The highest BCUT2D eigenvalue weighted by Crippen LogP contribution is 2.30. The molecule has 164 valence electrons. The first kappa shape index (κ1) is 22.1. The van der Waals surface area contributed by atoms with Crippen molar-refractivity contribution in [2.75, 3.05) is 15.4 Å². The highest BCUT2D eigenvalue weighted by atomic mass is 35.5. The number of sulfonamides is 1. The fraction of sp³-hybridized carbons (Fsp3) is 0.0909. The van der Waals surface area contributed by atoms with Crippen molar-refractivity contribution in [1.29, 1.82) is 0 Å². The second-order valence-electron chi connectivity index (χ2n) is 7.11. The molecule has 0 saturated heterocycles. The van der Waals surface area contributed by atoms with Crippen LogP contribution in [-0.4, -0.2) is 19.4 Å². The van der Waals surface area contributed by atoms with Crippen molar-refractivity contribution in [3.63, 3.8) is 0 Å². The Morgan fingerprint density at radius 1 is 1.00 bits per heavy atom. The maximum atomic E-state index is 12.6. The summed E-state index contributed by atoms with van der Waals surface area (Å²) in [7, 11) is -3.74. The molecule has 0 spiro atoms. The molecule has 2 amide bonds. The van der Waals surface area contributed by atoms with Crippen LogP contribution in [-0.2, 0) is 10.0 Å². The van der Waals surface area contributed by atoms with E-state index in [4.69, 9.17) is 11.6 Å². The van der Waals surface area contributed by atoms with Crippen LogP contribution < -0.4 is 15.4 Å². The monoisotopic (exact) mass is 486 g/mol. The second kappa shape index (κ2) is 8.78. The third-order valence-electron chi connectivity index (χ3n) is 4.71. The first-order valence-corrected chi connectivity index (χ1v) is 12.2. The lowest BCUT2D eigenvalue weighted by atomic mass is 10.2. The van der Waals surface area contributed by atoms with Crippen LogP contribution >= 0.6 is 22.9 Å². The molecule has 10 heteroatoms. The Kier molecular flexibility index (Phi) is 6.05. The molecule has 3 N–H and O–H groups in total. The van der Waals surface area contributed by atoms with Gasteiger partial charge in [-0.15, -0.1) is 0 Å². The Bertz CT molecular complexity index is 1420. The Morgan fingerprint density at radius 2 is 1.75 bits per heavy atom. The van der Waals surface area contributed by atoms with Gasteiger partial charge in [-0.25, -0.2) is 18.2 Å². The topological polar surface area (TPSA) is 100 Å². The summed E-state index contributed by atoms with van der Waals surface area (Å²) in [5.41, 5.74) is 3.43. The smallest absolute Gasteiger partial charge is 0.308 e. The number of nitrogens with zero attached hydrogens (tertiary/aromatic N) is 1. The van der Waals surface area contributed by atoms with E-state index in [0.717, 1.165) is 15.8 Å². The van der Waals surface area contributed by atoms with Crippen LogP contribution in [0.3, 0.4) is 0 Å². The number of hydrogen-bond donors (Lipinski definition) is 3. The second-order valence-corrected chi connectivity index (χ2v) is 10.2. The third kappa shape index (κ3) is 4.85. The molecular weight excluding hydrogens is 468 g/mol. The van der Waals surface area contributed by atoms with E-state index in [1.165, 1.54) is 11.3 Å². The van der Waals surface area contributed by atoms with Gasteiger partial charge in [0.2, 0.25) is 0 Å². The van der Waals surface area contributed by atoms with Gasteiger partial charge in [-0.05, 0) is 61.9 Å². The van der Waals surface area contributed by atoms with Gasteiger partial charge >= 0.3 is 6.03 Å². The van der Waals surface area contributed by atoms with Crippen LogP contribution in [0.15, 0.2) is 65.6 Å². The van der Waals surface area contributed by atoms with Gasteiger partial charge in [0.25, 0.3) is 10.0 Å². The lowest BCUT2D eigenvalue weighted by Crippen LogP contribution is -2.19. The lowest BCUT2D eigenvalue weighted by molar-refractivity contribution is 0.262. The zero-order valence-electron chi connectivity index (χ0n) is 17.1. The van der Waals surface area contributed by atoms with Crippen LogP contribution in [0, 0.1) is 13.8 Å². The molecule has 4 rings (SSSR count). The van der Waals surface area contributed by atoms with Gasteiger partial charge in [-0.1, -0.05) is 46.7 Å². The molecule has 32 heavy (non-hydrogen) atoms. The molecule has 1 heterocycles. The van der Waals surface area contributed by atoms with E-state index < -0.39 is 16.1 Å². The minimum absolute atomic E-state index is 0.165. The van der Waals surface area contributed by atoms with Crippen LogP contribution in [0.1, 0.15) is 11.1 Å². The van der Waals surface area contributed by atoms with Gasteiger partial charge in [0.1, 0.15) is 0 Å². The van der Waals surface area contributed by atoms with Crippen LogP contribution in [0.2, 0.25) is 5.02 Å². The quantitative estimate of drug-likeness (QED) is 0.321. The number of anilines is 3.